The molecule has 0 bridgehead atoms. The molecule has 0 saturated heterocycles. The Balaban J connectivity index is 1.33. The lowest BCUT2D eigenvalue weighted by Crippen LogP contribution is -2.00. The molecule has 4 aromatic rings. The summed E-state index contributed by atoms with van der Waals surface area (Å²) in [6, 6.07) is 21.1. The average molecular weight is 544 g/mol. The molecule has 4 nitrogen and oxygen atoms in total. The number of benzene rings is 3. The van der Waals surface area contributed by atoms with Gasteiger partial charge in [-0.2, -0.15) is 0 Å². The third-order valence-electron chi connectivity index (χ3n) is 6.56. The van der Waals surface area contributed by atoms with E-state index in [1.54, 1.807) is 31.5 Å². The van der Waals surface area contributed by atoms with Crippen molar-refractivity contribution in [2.45, 2.75) is 38.7 Å². The lowest BCUT2D eigenvalue weighted by molar-refractivity contribution is 0.191. The number of pyridine rings is 1. The van der Waals surface area contributed by atoms with Gasteiger partial charge in [0, 0.05) is 31.5 Å². The number of allylic oxidation sites excluding steroid dienone is 1. The van der Waals surface area contributed by atoms with Gasteiger partial charge in [0.25, 0.3) is 0 Å². The highest BCUT2D eigenvalue weighted by Crippen LogP contribution is 2.31. The highest BCUT2D eigenvalue weighted by atomic mass is 19.1. The van der Waals surface area contributed by atoms with Crippen LogP contribution >= 0.6 is 0 Å². The van der Waals surface area contributed by atoms with Crippen molar-refractivity contribution in [3.05, 3.63) is 114 Å². The molecule has 4 rings (SSSR count). The van der Waals surface area contributed by atoms with Crippen molar-refractivity contribution in [2.75, 3.05) is 20.3 Å². The molecule has 0 radical (unpaired) electrons. The van der Waals surface area contributed by atoms with Crippen LogP contribution in [0.25, 0.3) is 22.3 Å². The molecule has 40 heavy (non-hydrogen) atoms. The minimum atomic E-state index is -0.499. The number of hydrogen-bond donors (Lipinski definition) is 0. The molecule has 0 spiro atoms. The third-order valence-corrected chi connectivity index (χ3v) is 6.56. The first-order valence-corrected chi connectivity index (χ1v) is 13.6. The van der Waals surface area contributed by atoms with Crippen LogP contribution in [0, 0.1) is 11.6 Å². The monoisotopic (exact) mass is 543 g/mol. The second-order valence-electron chi connectivity index (χ2n) is 9.58. The standard InChI is InChI=1S/C34H35F2NO3/c1-3-8-25-11-18-34(37-23-25)40-24-26-9-12-27(13-10-26)28-14-16-30(31(35)21-28)29-15-17-33(32(36)22-29)39-20-7-5-4-6-19-38-2/h3,9-18,21-23H,1,4-8,19-20,24H2,2H3. The predicted molar refractivity (Wildman–Crippen MR) is 156 cm³/mol. The van der Waals surface area contributed by atoms with Gasteiger partial charge in [0.05, 0.1) is 6.61 Å². The molecule has 0 atom stereocenters. The van der Waals surface area contributed by atoms with Crippen LogP contribution in [0.4, 0.5) is 8.78 Å². The van der Waals surface area contributed by atoms with Crippen molar-refractivity contribution in [1.29, 1.82) is 0 Å². The first-order valence-electron chi connectivity index (χ1n) is 13.6. The minimum Gasteiger partial charge on any atom is -0.491 e. The Kier molecular flexibility index (Phi) is 10.8. The Morgan fingerprint density at radius 2 is 1.43 bits per heavy atom. The van der Waals surface area contributed by atoms with Crippen molar-refractivity contribution in [2.24, 2.45) is 0 Å². The second-order valence-corrected chi connectivity index (χ2v) is 9.58. The summed E-state index contributed by atoms with van der Waals surface area (Å²) in [5.74, 6) is -0.178. The lowest BCUT2D eigenvalue weighted by atomic mass is 9.99. The van der Waals surface area contributed by atoms with E-state index in [4.69, 9.17) is 14.2 Å². The summed E-state index contributed by atoms with van der Waals surface area (Å²) in [7, 11) is 1.69. The number of aromatic nitrogens is 1. The molecular weight excluding hydrogens is 508 g/mol. The van der Waals surface area contributed by atoms with E-state index in [2.05, 4.69) is 11.6 Å². The van der Waals surface area contributed by atoms with Gasteiger partial charge in [0.1, 0.15) is 12.4 Å². The topological polar surface area (TPSA) is 40.6 Å². The van der Waals surface area contributed by atoms with E-state index < -0.39 is 11.6 Å². The number of rotatable bonds is 15. The van der Waals surface area contributed by atoms with Crippen LogP contribution in [-0.4, -0.2) is 25.3 Å². The average Bonchev–Trinajstić information content (AvgIpc) is 2.97. The van der Waals surface area contributed by atoms with Gasteiger partial charge in [0.15, 0.2) is 11.6 Å². The van der Waals surface area contributed by atoms with Gasteiger partial charge in [-0.15, -0.1) is 6.58 Å². The molecule has 0 fully saturated rings. The molecule has 6 heteroatoms. The Bertz CT molecular complexity index is 1370. The maximum absolute atomic E-state index is 15.1. The molecular formula is C34H35F2NO3. The molecule has 1 heterocycles. The van der Waals surface area contributed by atoms with E-state index in [1.165, 1.54) is 12.1 Å². The normalized spacial score (nSPS) is 10.9. The van der Waals surface area contributed by atoms with E-state index in [-0.39, 0.29) is 5.75 Å². The molecule has 0 N–H and O–H groups in total. The summed E-state index contributed by atoms with van der Waals surface area (Å²) in [6.45, 7) is 5.30. The fourth-order valence-corrected chi connectivity index (χ4v) is 4.33. The highest BCUT2D eigenvalue weighted by molar-refractivity contribution is 5.71. The number of unbranched alkanes of at least 4 members (excludes halogenated alkanes) is 3. The van der Waals surface area contributed by atoms with Crippen LogP contribution in [0.3, 0.4) is 0 Å². The van der Waals surface area contributed by atoms with Gasteiger partial charge in [-0.1, -0.05) is 61.0 Å². The zero-order valence-corrected chi connectivity index (χ0v) is 22.9. The molecule has 0 aliphatic carbocycles. The number of halogens is 2. The summed E-state index contributed by atoms with van der Waals surface area (Å²) < 4.78 is 46.2. The minimum absolute atomic E-state index is 0.183. The van der Waals surface area contributed by atoms with E-state index in [9.17, 15) is 4.39 Å². The predicted octanol–water partition coefficient (Wildman–Crippen LogP) is 8.59. The van der Waals surface area contributed by atoms with E-state index >= 15 is 4.39 Å². The fourth-order valence-electron chi connectivity index (χ4n) is 4.33. The van der Waals surface area contributed by atoms with Gasteiger partial charge >= 0.3 is 0 Å². The van der Waals surface area contributed by atoms with Crippen LogP contribution in [0.5, 0.6) is 11.6 Å². The first kappa shape index (κ1) is 29.0. The second kappa shape index (κ2) is 14.9. The zero-order chi connectivity index (χ0) is 28.2. The maximum atomic E-state index is 15.1. The summed E-state index contributed by atoms with van der Waals surface area (Å²) >= 11 is 0. The Morgan fingerprint density at radius 1 is 0.725 bits per heavy atom. The lowest BCUT2D eigenvalue weighted by Gasteiger charge is -2.11. The Hall–Kier alpha value is -4.03. The Morgan fingerprint density at radius 3 is 2.10 bits per heavy atom. The molecule has 0 aliphatic heterocycles. The summed E-state index contributed by atoms with van der Waals surface area (Å²) in [5.41, 5.74) is 4.46. The van der Waals surface area contributed by atoms with Gasteiger partial charge < -0.3 is 14.2 Å². The number of ether oxygens (including phenoxy) is 3. The highest BCUT2D eigenvalue weighted by Gasteiger charge is 2.11. The number of hydrogen-bond acceptors (Lipinski definition) is 4. The third kappa shape index (κ3) is 8.23. The smallest absolute Gasteiger partial charge is 0.213 e. The van der Waals surface area contributed by atoms with Crippen molar-refractivity contribution in [1.82, 2.24) is 4.98 Å². The van der Waals surface area contributed by atoms with Gasteiger partial charge in [-0.05, 0) is 71.7 Å². The van der Waals surface area contributed by atoms with Crippen molar-refractivity contribution < 1.29 is 23.0 Å². The summed E-state index contributed by atoms with van der Waals surface area (Å²) in [6.07, 6.45) is 8.29. The zero-order valence-electron chi connectivity index (χ0n) is 22.9. The molecule has 208 valence electrons. The van der Waals surface area contributed by atoms with Crippen LogP contribution in [0.15, 0.2) is 91.6 Å². The van der Waals surface area contributed by atoms with Gasteiger partial charge in [0.2, 0.25) is 5.88 Å². The van der Waals surface area contributed by atoms with Gasteiger partial charge in [-0.25, -0.2) is 13.8 Å². The molecule has 0 saturated carbocycles. The molecule has 0 unspecified atom stereocenters. The Labute approximate surface area is 235 Å². The summed E-state index contributed by atoms with van der Waals surface area (Å²) in [5, 5.41) is 0. The molecule has 1 aromatic heterocycles. The van der Waals surface area contributed by atoms with Crippen molar-refractivity contribution in [3.63, 3.8) is 0 Å². The van der Waals surface area contributed by atoms with E-state index in [1.807, 2.05) is 48.5 Å². The SMILES string of the molecule is C=CCc1ccc(OCc2ccc(-c3ccc(-c4ccc(OCCCCCCOC)c(F)c4)c(F)c3)cc2)nc1. The molecule has 3 aromatic carbocycles. The van der Waals surface area contributed by atoms with Gasteiger partial charge in [-0.3, -0.25) is 0 Å². The van der Waals surface area contributed by atoms with Crippen LogP contribution in [0.1, 0.15) is 36.8 Å². The first-order chi connectivity index (χ1) is 19.6. The van der Waals surface area contributed by atoms with Crippen molar-refractivity contribution >= 4 is 0 Å². The van der Waals surface area contributed by atoms with E-state index in [0.717, 1.165) is 61.0 Å². The quantitative estimate of drug-likeness (QED) is 0.111. The fraction of sp³-hybridized carbons (Fsp3) is 0.265. The largest absolute Gasteiger partial charge is 0.491 e. The number of methoxy groups -OCH3 is 1. The van der Waals surface area contributed by atoms with E-state index in [0.29, 0.717) is 30.2 Å². The van der Waals surface area contributed by atoms with Crippen LogP contribution in [-0.2, 0) is 17.8 Å². The number of nitrogens with zero attached hydrogens (tertiary/aromatic N) is 1. The molecule has 0 amide bonds. The van der Waals surface area contributed by atoms with Crippen LogP contribution in [0.2, 0.25) is 0 Å². The molecule has 0 aliphatic rings. The summed E-state index contributed by atoms with van der Waals surface area (Å²) in [4.78, 5) is 4.31. The van der Waals surface area contributed by atoms with Crippen LogP contribution < -0.4 is 9.47 Å². The maximum Gasteiger partial charge on any atom is 0.213 e. The van der Waals surface area contributed by atoms with Crippen molar-refractivity contribution in [3.8, 4) is 33.9 Å².